The van der Waals surface area contributed by atoms with Crippen LogP contribution in [-0.2, 0) is 11.0 Å². The molecule has 1 saturated heterocycles. The molecule has 0 radical (unpaired) electrons. The summed E-state index contributed by atoms with van der Waals surface area (Å²) in [7, 11) is 0. The summed E-state index contributed by atoms with van der Waals surface area (Å²) in [4.78, 5) is 13.1. The molecule has 1 heterocycles. The van der Waals surface area contributed by atoms with E-state index < -0.39 is 23.8 Å². The minimum atomic E-state index is -4.54. The van der Waals surface area contributed by atoms with Crippen LogP contribution in [0.3, 0.4) is 0 Å². The number of hydrogen-bond acceptors (Lipinski definition) is 2. The number of nitrogens with zero attached hydrogens (tertiary/aromatic N) is 1. The first-order chi connectivity index (χ1) is 9.41. The number of carboxylic acids is 1. The van der Waals surface area contributed by atoms with E-state index in [9.17, 15) is 23.1 Å². The van der Waals surface area contributed by atoms with Crippen molar-refractivity contribution < 1.29 is 23.1 Å². The predicted octanol–water partition coefficient (Wildman–Crippen LogP) is 3.32. The predicted molar refractivity (Wildman–Crippen MR) is 67.2 cm³/mol. The fourth-order valence-corrected chi connectivity index (χ4v) is 2.66. The largest absolute Gasteiger partial charge is 0.480 e. The molecule has 0 saturated carbocycles. The zero-order chi connectivity index (χ0) is 14.8. The second-order valence-electron chi connectivity index (χ2n) is 4.92. The van der Waals surface area contributed by atoms with Gasteiger partial charge in [-0.05, 0) is 37.6 Å². The van der Waals surface area contributed by atoms with Gasteiger partial charge in [0.1, 0.15) is 6.04 Å². The number of alkyl halides is 3. The average molecular weight is 287 g/mol. The number of halogens is 3. The molecule has 1 aliphatic rings. The van der Waals surface area contributed by atoms with Gasteiger partial charge in [0, 0.05) is 0 Å². The van der Waals surface area contributed by atoms with E-state index in [1.54, 1.807) is 4.90 Å². The van der Waals surface area contributed by atoms with Crippen LogP contribution in [0.25, 0.3) is 0 Å². The highest BCUT2D eigenvalue weighted by Gasteiger charge is 2.38. The van der Waals surface area contributed by atoms with Gasteiger partial charge in [-0.15, -0.1) is 0 Å². The number of carboxylic acid groups (broad SMARTS) is 1. The quantitative estimate of drug-likeness (QED) is 0.927. The summed E-state index contributed by atoms with van der Waals surface area (Å²) in [5.41, 5.74) is -1.03. The first-order valence-electron chi connectivity index (χ1n) is 6.54. The third kappa shape index (κ3) is 3.12. The van der Waals surface area contributed by atoms with Crippen LogP contribution in [-0.4, -0.2) is 29.1 Å². The van der Waals surface area contributed by atoms with E-state index in [0.29, 0.717) is 13.1 Å². The van der Waals surface area contributed by atoms with Gasteiger partial charge < -0.3 is 5.11 Å². The fraction of sp³-hybridized carbons (Fsp3) is 0.500. The number of hydrogen-bond donors (Lipinski definition) is 1. The van der Waals surface area contributed by atoms with Crippen LogP contribution in [0.5, 0.6) is 0 Å². The molecule has 1 fully saturated rings. The Balaban J connectivity index is 2.42. The standard InChI is InChI=1S/C14H16F3NO2/c15-14(16,17)11-7-3-2-6-10(11)12(13(19)20)18-8-4-1-5-9-18/h2-3,6-7,12H,1,4-5,8-9H2,(H,19,20)/t12-/m0/s1. The molecule has 6 heteroatoms. The number of piperidine rings is 1. The zero-order valence-corrected chi connectivity index (χ0v) is 10.9. The van der Waals surface area contributed by atoms with E-state index in [-0.39, 0.29) is 5.56 Å². The third-order valence-corrected chi connectivity index (χ3v) is 3.55. The second-order valence-corrected chi connectivity index (χ2v) is 4.92. The lowest BCUT2D eigenvalue weighted by Crippen LogP contribution is -2.38. The van der Waals surface area contributed by atoms with Gasteiger partial charge in [0.25, 0.3) is 0 Å². The van der Waals surface area contributed by atoms with E-state index in [4.69, 9.17) is 0 Å². The first kappa shape index (κ1) is 14.8. The summed E-state index contributed by atoms with van der Waals surface area (Å²) >= 11 is 0. The Hall–Kier alpha value is -1.56. The summed E-state index contributed by atoms with van der Waals surface area (Å²) in [6.45, 7) is 1.03. The van der Waals surface area contributed by atoms with E-state index in [1.807, 2.05) is 0 Å². The molecule has 2 rings (SSSR count). The molecule has 1 aliphatic heterocycles. The van der Waals surface area contributed by atoms with E-state index in [2.05, 4.69) is 0 Å². The van der Waals surface area contributed by atoms with Gasteiger partial charge in [-0.3, -0.25) is 9.69 Å². The Bertz CT molecular complexity index is 482. The molecule has 1 aromatic rings. The monoisotopic (exact) mass is 287 g/mol. The number of carbonyl (C=O) groups is 1. The number of likely N-dealkylation sites (tertiary alicyclic amines) is 1. The van der Waals surface area contributed by atoms with E-state index in [0.717, 1.165) is 25.3 Å². The Morgan fingerprint density at radius 2 is 1.75 bits per heavy atom. The van der Waals surface area contributed by atoms with Crippen molar-refractivity contribution in [2.75, 3.05) is 13.1 Å². The van der Waals surface area contributed by atoms with Crippen LogP contribution in [0, 0.1) is 0 Å². The van der Waals surface area contributed by atoms with Crippen molar-refractivity contribution >= 4 is 5.97 Å². The molecule has 1 aromatic carbocycles. The van der Waals surface area contributed by atoms with Gasteiger partial charge in [0.2, 0.25) is 0 Å². The van der Waals surface area contributed by atoms with Gasteiger partial charge in [-0.25, -0.2) is 0 Å². The molecule has 0 aliphatic carbocycles. The summed E-state index contributed by atoms with van der Waals surface area (Å²) in [6.07, 6.45) is -1.92. The number of benzene rings is 1. The van der Waals surface area contributed by atoms with Crippen LogP contribution in [0.15, 0.2) is 24.3 Å². The van der Waals surface area contributed by atoms with Crippen LogP contribution < -0.4 is 0 Å². The third-order valence-electron chi connectivity index (χ3n) is 3.55. The molecule has 0 spiro atoms. The summed E-state index contributed by atoms with van der Waals surface area (Å²) in [5.74, 6) is -1.23. The van der Waals surface area contributed by atoms with Crippen molar-refractivity contribution in [3.05, 3.63) is 35.4 Å². The maximum Gasteiger partial charge on any atom is 0.416 e. The Morgan fingerprint density at radius 3 is 2.30 bits per heavy atom. The SMILES string of the molecule is O=C(O)[C@H](c1ccccc1C(F)(F)F)N1CCCCC1. The molecule has 1 atom stereocenters. The van der Waals surface area contributed by atoms with Crippen molar-refractivity contribution in [3.8, 4) is 0 Å². The van der Waals surface area contributed by atoms with Crippen LogP contribution in [0.4, 0.5) is 13.2 Å². The Kier molecular flexibility index (Phi) is 4.32. The van der Waals surface area contributed by atoms with Crippen molar-refractivity contribution in [3.63, 3.8) is 0 Å². The molecule has 0 bridgehead atoms. The number of aliphatic carboxylic acids is 1. The maximum absolute atomic E-state index is 13.0. The maximum atomic E-state index is 13.0. The average Bonchev–Trinajstić information content (AvgIpc) is 2.39. The lowest BCUT2D eigenvalue weighted by Gasteiger charge is -2.33. The Labute approximate surface area is 115 Å². The molecule has 0 unspecified atom stereocenters. The van der Waals surface area contributed by atoms with Gasteiger partial charge in [0.05, 0.1) is 5.56 Å². The van der Waals surface area contributed by atoms with Gasteiger partial charge >= 0.3 is 12.1 Å². The smallest absolute Gasteiger partial charge is 0.416 e. The minimum absolute atomic E-state index is 0.172. The van der Waals surface area contributed by atoms with Crippen LogP contribution in [0.1, 0.15) is 36.4 Å². The topological polar surface area (TPSA) is 40.5 Å². The molecule has 1 N–H and O–H groups in total. The highest BCUT2D eigenvalue weighted by Crippen LogP contribution is 2.37. The van der Waals surface area contributed by atoms with Gasteiger partial charge in [-0.2, -0.15) is 13.2 Å². The lowest BCUT2D eigenvalue weighted by molar-refractivity contribution is -0.146. The highest BCUT2D eigenvalue weighted by molar-refractivity contribution is 5.76. The molecular formula is C14H16F3NO2. The first-order valence-corrected chi connectivity index (χ1v) is 6.54. The van der Waals surface area contributed by atoms with Crippen LogP contribution >= 0.6 is 0 Å². The highest BCUT2D eigenvalue weighted by atomic mass is 19.4. The summed E-state index contributed by atoms with van der Waals surface area (Å²) in [5, 5.41) is 9.36. The second kappa shape index (κ2) is 5.83. The molecular weight excluding hydrogens is 271 g/mol. The van der Waals surface area contributed by atoms with Crippen LogP contribution in [0.2, 0.25) is 0 Å². The Morgan fingerprint density at radius 1 is 1.15 bits per heavy atom. The lowest BCUT2D eigenvalue weighted by atomic mass is 9.96. The van der Waals surface area contributed by atoms with Crippen molar-refractivity contribution in [2.45, 2.75) is 31.5 Å². The molecule has 20 heavy (non-hydrogen) atoms. The van der Waals surface area contributed by atoms with Crippen molar-refractivity contribution in [2.24, 2.45) is 0 Å². The van der Waals surface area contributed by atoms with Gasteiger partial charge in [0.15, 0.2) is 0 Å². The summed E-state index contributed by atoms with van der Waals surface area (Å²) in [6, 6.07) is 3.70. The molecule has 3 nitrogen and oxygen atoms in total. The van der Waals surface area contributed by atoms with E-state index in [1.165, 1.54) is 18.2 Å². The molecule has 0 amide bonds. The summed E-state index contributed by atoms with van der Waals surface area (Å²) < 4.78 is 39.1. The van der Waals surface area contributed by atoms with Gasteiger partial charge in [-0.1, -0.05) is 24.6 Å². The number of rotatable bonds is 3. The minimum Gasteiger partial charge on any atom is -0.480 e. The van der Waals surface area contributed by atoms with Crippen molar-refractivity contribution in [1.82, 2.24) is 4.90 Å². The molecule has 110 valence electrons. The van der Waals surface area contributed by atoms with Crippen molar-refractivity contribution in [1.29, 1.82) is 0 Å². The zero-order valence-electron chi connectivity index (χ0n) is 10.9. The molecule has 0 aromatic heterocycles. The normalized spacial score (nSPS) is 18.8. The fourth-order valence-electron chi connectivity index (χ4n) is 2.66. The van der Waals surface area contributed by atoms with E-state index >= 15 is 0 Å².